The number of urea groups is 1. The molecular weight excluding hydrogens is 338 g/mol. The molecule has 1 aliphatic rings. The molecule has 23 heavy (non-hydrogen) atoms. The molecule has 1 fully saturated rings. The number of halogens is 1. The van der Waals surface area contributed by atoms with Crippen molar-refractivity contribution >= 4 is 46.6 Å². The summed E-state index contributed by atoms with van der Waals surface area (Å²) >= 11 is 10.9. The van der Waals surface area contributed by atoms with Gasteiger partial charge in [-0.05, 0) is 49.3 Å². The van der Waals surface area contributed by atoms with E-state index in [1.807, 2.05) is 0 Å². The predicted octanol–water partition coefficient (Wildman–Crippen LogP) is 1.45. The minimum atomic E-state index is -0.504. The molecule has 1 saturated heterocycles. The molecular formula is C14H18ClN5O2S. The minimum Gasteiger partial charge on any atom is -0.351 e. The Morgan fingerprint density at radius 2 is 1.96 bits per heavy atom. The third kappa shape index (κ3) is 5.26. The van der Waals surface area contributed by atoms with Gasteiger partial charge in [0.15, 0.2) is 5.11 Å². The van der Waals surface area contributed by atoms with Gasteiger partial charge in [0.1, 0.15) is 0 Å². The first kappa shape index (κ1) is 17.3. The van der Waals surface area contributed by atoms with Gasteiger partial charge in [-0.1, -0.05) is 11.6 Å². The number of primary amides is 1. The summed E-state index contributed by atoms with van der Waals surface area (Å²) in [7, 11) is 0. The first-order chi connectivity index (χ1) is 11.0. The second-order valence-electron chi connectivity index (χ2n) is 5.20. The van der Waals surface area contributed by atoms with Gasteiger partial charge in [-0.25, -0.2) is 4.79 Å². The van der Waals surface area contributed by atoms with Crippen molar-refractivity contribution in [2.24, 2.45) is 11.7 Å². The average molecular weight is 356 g/mol. The molecule has 124 valence electrons. The van der Waals surface area contributed by atoms with Crippen LogP contribution in [0, 0.1) is 5.92 Å². The maximum Gasteiger partial charge on any atom is 0.314 e. The van der Waals surface area contributed by atoms with Gasteiger partial charge in [0.05, 0.1) is 5.92 Å². The maximum absolute atomic E-state index is 12.1. The number of amides is 3. The Balaban J connectivity index is 1.78. The highest BCUT2D eigenvalue weighted by Crippen LogP contribution is 2.16. The molecule has 0 aromatic heterocycles. The zero-order chi connectivity index (χ0) is 16.8. The number of carbonyl (C=O) groups excluding carboxylic acids is 2. The number of anilines is 1. The van der Waals surface area contributed by atoms with E-state index in [1.165, 1.54) is 4.90 Å². The first-order valence-electron chi connectivity index (χ1n) is 7.12. The van der Waals surface area contributed by atoms with Crippen LogP contribution in [0.15, 0.2) is 24.3 Å². The van der Waals surface area contributed by atoms with Crippen LogP contribution in [-0.4, -0.2) is 35.0 Å². The standard InChI is InChI=1S/C14H18ClN5O2S/c15-10-3-5-11(6-4-10)17-14(23)19-18-12(21)9-2-1-7-20(8-9)13(16)22/h3-6,9H,1-2,7-8H2,(H2,16,22)(H,18,21)(H2,17,19,23)/t9-/m1/s1. The predicted molar refractivity (Wildman–Crippen MR) is 92.8 cm³/mol. The lowest BCUT2D eigenvalue weighted by Crippen LogP contribution is -2.51. The van der Waals surface area contributed by atoms with Crippen molar-refractivity contribution in [2.45, 2.75) is 12.8 Å². The Kier molecular flexibility index (Phi) is 6.00. The Hall–Kier alpha value is -2.06. The number of rotatable bonds is 2. The number of likely N-dealkylation sites (tertiary alicyclic amines) is 1. The lowest BCUT2D eigenvalue weighted by Gasteiger charge is -2.30. The van der Waals surface area contributed by atoms with Gasteiger partial charge in [0.25, 0.3) is 0 Å². The molecule has 0 saturated carbocycles. The number of thiocarbonyl (C=S) groups is 1. The molecule has 2 rings (SSSR count). The fraction of sp³-hybridized carbons (Fsp3) is 0.357. The summed E-state index contributed by atoms with van der Waals surface area (Å²) in [6, 6.07) is 6.49. The molecule has 0 aliphatic carbocycles. The summed E-state index contributed by atoms with van der Waals surface area (Å²) in [6.45, 7) is 0.906. The number of nitrogens with two attached hydrogens (primary N) is 1. The summed E-state index contributed by atoms with van der Waals surface area (Å²) in [5, 5.41) is 3.79. The zero-order valence-electron chi connectivity index (χ0n) is 12.3. The molecule has 0 unspecified atom stereocenters. The SMILES string of the molecule is NC(=O)N1CCC[C@@H](C(=O)NNC(=S)Nc2ccc(Cl)cc2)C1. The van der Waals surface area contributed by atoms with Crippen molar-refractivity contribution < 1.29 is 9.59 Å². The highest BCUT2D eigenvalue weighted by molar-refractivity contribution is 7.80. The molecule has 0 spiro atoms. The molecule has 0 radical (unpaired) electrons. The second-order valence-corrected chi connectivity index (χ2v) is 6.04. The van der Waals surface area contributed by atoms with Crippen molar-refractivity contribution in [3.05, 3.63) is 29.3 Å². The summed E-state index contributed by atoms with van der Waals surface area (Å²) < 4.78 is 0. The molecule has 1 heterocycles. The number of piperidine rings is 1. The lowest BCUT2D eigenvalue weighted by atomic mass is 9.98. The van der Waals surface area contributed by atoms with Gasteiger partial charge in [0, 0.05) is 23.8 Å². The van der Waals surface area contributed by atoms with Gasteiger partial charge >= 0.3 is 6.03 Å². The molecule has 7 nitrogen and oxygen atoms in total. The van der Waals surface area contributed by atoms with E-state index in [4.69, 9.17) is 29.6 Å². The van der Waals surface area contributed by atoms with Crippen LogP contribution < -0.4 is 21.9 Å². The van der Waals surface area contributed by atoms with E-state index in [9.17, 15) is 9.59 Å². The number of nitrogens with one attached hydrogen (secondary N) is 3. The fourth-order valence-electron chi connectivity index (χ4n) is 2.31. The highest BCUT2D eigenvalue weighted by atomic mass is 35.5. The van der Waals surface area contributed by atoms with Crippen molar-refractivity contribution in [1.82, 2.24) is 15.8 Å². The number of hydrogen-bond donors (Lipinski definition) is 4. The topological polar surface area (TPSA) is 99.5 Å². The van der Waals surface area contributed by atoms with Gasteiger partial charge < -0.3 is 16.0 Å². The van der Waals surface area contributed by atoms with E-state index in [1.54, 1.807) is 24.3 Å². The normalized spacial score (nSPS) is 17.3. The van der Waals surface area contributed by atoms with Crippen LogP contribution in [0.3, 0.4) is 0 Å². The smallest absolute Gasteiger partial charge is 0.314 e. The Bertz CT molecular complexity index is 595. The molecule has 0 bridgehead atoms. The number of carbonyl (C=O) groups is 2. The van der Waals surface area contributed by atoms with Gasteiger partial charge in [-0.2, -0.15) is 0 Å². The quantitative estimate of drug-likeness (QED) is 0.475. The molecule has 9 heteroatoms. The number of benzene rings is 1. The van der Waals surface area contributed by atoms with E-state index in [0.717, 1.165) is 12.1 Å². The Morgan fingerprint density at radius 1 is 1.26 bits per heavy atom. The summed E-state index contributed by atoms with van der Waals surface area (Å²) in [6.07, 6.45) is 1.45. The van der Waals surface area contributed by atoms with E-state index in [2.05, 4.69) is 16.2 Å². The first-order valence-corrected chi connectivity index (χ1v) is 7.91. The van der Waals surface area contributed by atoms with Crippen LogP contribution in [0.4, 0.5) is 10.5 Å². The van der Waals surface area contributed by atoms with Gasteiger partial charge in [0.2, 0.25) is 5.91 Å². The second kappa shape index (κ2) is 7.98. The van der Waals surface area contributed by atoms with Gasteiger partial charge in [-0.15, -0.1) is 0 Å². The van der Waals surface area contributed by atoms with E-state index in [-0.39, 0.29) is 16.9 Å². The molecule has 3 amide bonds. The van der Waals surface area contributed by atoms with E-state index in [0.29, 0.717) is 24.5 Å². The van der Waals surface area contributed by atoms with E-state index < -0.39 is 6.03 Å². The van der Waals surface area contributed by atoms with Crippen LogP contribution in [0.1, 0.15) is 12.8 Å². The average Bonchev–Trinajstić information content (AvgIpc) is 2.55. The van der Waals surface area contributed by atoms with Gasteiger partial charge in [-0.3, -0.25) is 15.6 Å². The van der Waals surface area contributed by atoms with Crippen molar-refractivity contribution in [3.63, 3.8) is 0 Å². The molecule has 1 atom stereocenters. The minimum absolute atomic E-state index is 0.226. The van der Waals surface area contributed by atoms with Crippen LogP contribution >= 0.6 is 23.8 Å². The molecule has 1 aliphatic heterocycles. The molecule has 1 aromatic carbocycles. The van der Waals surface area contributed by atoms with Crippen molar-refractivity contribution in [3.8, 4) is 0 Å². The van der Waals surface area contributed by atoms with Crippen molar-refractivity contribution in [2.75, 3.05) is 18.4 Å². The van der Waals surface area contributed by atoms with Crippen molar-refractivity contribution in [1.29, 1.82) is 0 Å². The third-order valence-corrected chi connectivity index (χ3v) is 3.96. The lowest BCUT2D eigenvalue weighted by molar-refractivity contribution is -0.126. The molecule has 1 aromatic rings. The highest BCUT2D eigenvalue weighted by Gasteiger charge is 2.27. The number of hydrogen-bond acceptors (Lipinski definition) is 3. The number of nitrogens with zero attached hydrogens (tertiary/aromatic N) is 1. The van der Waals surface area contributed by atoms with Crippen LogP contribution in [0.25, 0.3) is 0 Å². The van der Waals surface area contributed by atoms with Crippen LogP contribution in [-0.2, 0) is 4.79 Å². The maximum atomic E-state index is 12.1. The summed E-state index contributed by atoms with van der Waals surface area (Å²) in [4.78, 5) is 24.8. The zero-order valence-corrected chi connectivity index (χ0v) is 13.9. The largest absolute Gasteiger partial charge is 0.351 e. The fourth-order valence-corrected chi connectivity index (χ4v) is 2.60. The van der Waals surface area contributed by atoms with Crippen LogP contribution in [0.5, 0.6) is 0 Å². The molecule has 5 N–H and O–H groups in total. The number of hydrazine groups is 1. The third-order valence-electron chi connectivity index (χ3n) is 3.51. The van der Waals surface area contributed by atoms with E-state index >= 15 is 0 Å². The van der Waals surface area contributed by atoms with Crippen LogP contribution in [0.2, 0.25) is 5.02 Å². The summed E-state index contributed by atoms with van der Waals surface area (Å²) in [5.74, 6) is -0.529. The monoisotopic (exact) mass is 355 g/mol. The Labute approximate surface area is 144 Å². The summed E-state index contributed by atoms with van der Waals surface area (Å²) in [5.41, 5.74) is 11.2. The Morgan fingerprint density at radius 3 is 2.61 bits per heavy atom.